The predicted octanol–water partition coefficient (Wildman–Crippen LogP) is 1.09. The van der Waals surface area contributed by atoms with Crippen LogP contribution >= 0.6 is 0 Å². The van der Waals surface area contributed by atoms with E-state index in [0.29, 0.717) is 24.1 Å². The van der Waals surface area contributed by atoms with Crippen LogP contribution in [0, 0.1) is 0 Å². The quantitative estimate of drug-likeness (QED) is 0.137. The molecule has 0 aliphatic carbocycles. The molecule has 0 aliphatic rings. The van der Waals surface area contributed by atoms with E-state index in [1.165, 1.54) is 6.92 Å². The standard InChI is InChI=1S/C21H27N3O10/c1-13(26)23-15-7-5-14(6-8-15)19(29)22-11-3-2-4-18(33-12-25)34-21(32)24-16(20(30)31)9-10-17(27)28/h5-8,12,16,18H,2-4,9-11H2,1H3,(H,22,29)(H,23,26)(H,24,32)(H,27,28)(H,30,31)/t16-,18-/m0/s1. The lowest BCUT2D eigenvalue weighted by atomic mass is 10.1. The van der Waals surface area contributed by atoms with E-state index in [1.807, 2.05) is 5.32 Å². The van der Waals surface area contributed by atoms with E-state index in [4.69, 9.17) is 14.9 Å². The number of ether oxygens (including phenoxy) is 2. The highest BCUT2D eigenvalue weighted by Crippen LogP contribution is 2.10. The second-order valence-corrected chi connectivity index (χ2v) is 7.04. The summed E-state index contributed by atoms with van der Waals surface area (Å²) < 4.78 is 9.55. The SMILES string of the molecule is CC(=O)Nc1ccc(C(=O)NCCCC[C@@H](OC=O)OC(=O)N[C@@H](CCC(=O)O)C(=O)O)cc1. The highest BCUT2D eigenvalue weighted by atomic mass is 16.7. The normalized spacial score (nSPS) is 11.9. The van der Waals surface area contributed by atoms with Crippen LogP contribution < -0.4 is 16.0 Å². The Hall–Kier alpha value is -4.16. The Morgan fingerprint density at radius 3 is 2.26 bits per heavy atom. The molecule has 34 heavy (non-hydrogen) atoms. The molecule has 5 N–H and O–H groups in total. The summed E-state index contributed by atoms with van der Waals surface area (Å²) in [4.78, 5) is 67.4. The molecule has 0 spiro atoms. The number of alkyl carbamates (subject to hydrolysis) is 1. The van der Waals surface area contributed by atoms with Gasteiger partial charge in [-0.05, 0) is 43.5 Å². The van der Waals surface area contributed by atoms with Gasteiger partial charge in [-0.15, -0.1) is 0 Å². The van der Waals surface area contributed by atoms with Crippen molar-refractivity contribution in [3.63, 3.8) is 0 Å². The van der Waals surface area contributed by atoms with Crippen molar-refractivity contribution in [1.82, 2.24) is 10.6 Å². The van der Waals surface area contributed by atoms with Gasteiger partial charge in [-0.1, -0.05) is 0 Å². The van der Waals surface area contributed by atoms with Crippen LogP contribution in [0.4, 0.5) is 10.5 Å². The first kappa shape index (κ1) is 27.9. The van der Waals surface area contributed by atoms with Crippen LogP contribution in [-0.2, 0) is 28.7 Å². The molecule has 1 aromatic carbocycles. The summed E-state index contributed by atoms with van der Waals surface area (Å²) in [6.45, 7) is 1.73. The monoisotopic (exact) mass is 481 g/mol. The lowest BCUT2D eigenvalue weighted by Gasteiger charge is -2.18. The van der Waals surface area contributed by atoms with Gasteiger partial charge in [-0.25, -0.2) is 9.59 Å². The Balaban J connectivity index is 2.41. The van der Waals surface area contributed by atoms with E-state index < -0.39 is 36.8 Å². The fourth-order valence-electron chi connectivity index (χ4n) is 2.69. The number of amides is 3. The Kier molecular flexibility index (Phi) is 12.1. The molecule has 13 nitrogen and oxygen atoms in total. The fourth-order valence-corrected chi connectivity index (χ4v) is 2.69. The third kappa shape index (κ3) is 11.5. The van der Waals surface area contributed by atoms with Gasteiger partial charge >= 0.3 is 18.0 Å². The second-order valence-electron chi connectivity index (χ2n) is 7.04. The van der Waals surface area contributed by atoms with Gasteiger partial charge in [-0.2, -0.15) is 0 Å². The van der Waals surface area contributed by atoms with Crippen molar-refractivity contribution in [1.29, 1.82) is 0 Å². The lowest BCUT2D eigenvalue weighted by molar-refractivity contribution is -0.154. The number of hydrogen-bond acceptors (Lipinski definition) is 8. The van der Waals surface area contributed by atoms with E-state index >= 15 is 0 Å². The summed E-state index contributed by atoms with van der Waals surface area (Å²) in [6.07, 6.45) is -2.37. The zero-order valence-electron chi connectivity index (χ0n) is 18.4. The molecule has 1 aromatic rings. The van der Waals surface area contributed by atoms with Crippen molar-refractivity contribution < 1.29 is 48.5 Å². The number of carboxylic acids is 2. The molecular weight excluding hydrogens is 454 g/mol. The summed E-state index contributed by atoms with van der Waals surface area (Å²) in [6, 6.07) is 4.82. The van der Waals surface area contributed by atoms with E-state index in [0.717, 1.165) is 0 Å². The van der Waals surface area contributed by atoms with Crippen LogP contribution in [0.15, 0.2) is 24.3 Å². The zero-order chi connectivity index (χ0) is 25.5. The predicted molar refractivity (Wildman–Crippen MR) is 116 cm³/mol. The highest BCUT2D eigenvalue weighted by molar-refractivity contribution is 5.95. The van der Waals surface area contributed by atoms with Gasteiger partial charge in [0.15, 0.2) is 0 Å². The number of aliphatic carboxylic acids is 2. The summed E-state index contributed by atoms with van der Waals surface area (Å²) >= 11 is 0. The van der Waals surface area contributed by atoms with Crippen molar-refractivity contribution in [3.05, 3.63) is 29.8 Å². The topological polar surface area (TPSA) is 197 Å². The molecule has 186 valence electrons. The summed E-state index contributed by atoms with van der Waals surface area (Å²) in [5.74, 6) is -3.22. The van der Waals surface area contributed by atoms with E-state index in [9.17, 15) is 28.8 Å². The molecule has 0 aromatic heterocycles. The van der Waals surface area contributed by atoms with Crippen LogP contribution in [0.2, 0.25) is 0 Å². The minimum Gasteiger partial charge on any atom is -0.481 e. The summed E-state index contributed by atoms with van der Waals surface area (Å²) in [5.41, 5.74) is 0.957. The van der Waals surface area contributed by atoms with Crippen LogP contribution in [0.5, 0.6) is 0 Å². The van der Waals surface area contributed by atoms with Crippen LogP contribution in [0.1, 0.15) is 49.4 Å². The first-order chi connectivity index (χ1) is 16.1. The molecule has 0 saturated heterocycles. The number of anilines is 1. The molecule has 0 unspecified atom stereocenters. The molecule has 0 radical (unpaired) electrons. The molecule has 2 atom stereocenters. The molecule has 3 amide bonds. The molecule has 13 heteroatoms. The summed E-state index contributed by atoms with van der Waals surface area (Å²) in [7, 11) is 0. The van der Waals surface area contributed by atoms with E-state index in [1.54, 1.807) is 24.3 Å². The maximum Gasteiger partial charge on any atom is 0.410 e. The average molecular weight is 481 g/mol. The van der Waals surface area contributed by atoms with E-state index in [-0.39, 0.29) is 37.7 Å². The maximum atomic E-state index is 12.1. The largest absolute Gasteiger partial charge is 0.481 e. The number of carboxylic acid groups (broad SMARTS) is 2. The molecule has 0 saturated carbocycles. The van der Waals surface area contributed by atoms with Gasteiger partial charge in [0.1, 0.15) is 6.04 Å². The van der Waals surface area contributed by atoms with Gasteiger partial charge in [0.05, 0.1) is 0 Å². The third-order valence-corrected chi connectivity index (χ3v) is 4.30. The highest BCUT2D eigenvalue weighted by Gasteiger charge is 2.24. The van der Waals surface area contributed by atoms with Crippen LogP contribution in [-0.4, -0.2) is 65.4 Å². The summed E-state index contributed by atoms with van der Waals surface area (Å²) in [5, 5.41) is 25.0. The number of rotatable bonds is 15. The number of carbonyl (C=O) groups is 6. The lowest BCUT2D eigenvalue weighted by Crippen LogP contribution is -2.42. The van der Waals surface area contributed by atoms with Gasteiger partial charge in [0.2, 0.25) is 12.2 Å². The molecule has 0 heterocycles. The second kappa shape index (κ2) is 14.8. The first-order valence-corrected chi connectivity index (χ1v) is 10.3. The first-order valence-electron chi connectivity index (χ1n) is 10.3. The van der Waals surface area contributed by atoms with Crippen molar-refractivity contribution in [3.8, 4) is 0 Å². The number of nitrogens with one attached hydrogen (secondary N) is 3. The van der Waals surface area contributed by atoms with Crippen molar-refractivity contribution in [2.45, 2.75) is 51.4 Å². The maximum absolute atomic E-state index is 12.1. The molecular formula is C21H27N3O10. The third-order valence-electron chi connectivity index (χ3n) is 4.30. The van der Waals surface area contributed by atoms with Crippen molar-refractivity contribution in [2.75, 3.05) is 11.9 Å². The van der Waals surface area contributed by atoms with Crippen molar-refractivity contribution in [2.24, 2.45) is 0 Å². The number of benzene rings is 1. The van der Waals surface area contributed by atoms with Gasteiger partial charge in [0.25, 0.3) is 12.4 Å². The Bertz CT molecular complexity index is 872. The average Bonchev–Trinajstić information content (AvgIpc) is 2.76. The fraction of sp³-hybridized carbons (Fsp3) is 0.429. The van der Waals surface area contributed by atoms with E-state index in [2.05, 4.69) is 15.4 Å². The smallest absolute Gasteiger partial charge is 0.410 e. The van der Waals surface area contributed by atoms with Gasteiger partial charge < -0.3 is 35.6 Å². The zero-order valence-corrected chi connectivity index (χ0v) is 18.4. The van der Waals surface area contributed by atoms with Crippen LogP contribution in [0.25, 0.3) is 0 Å². The van der Waals surface area contributed by atoms with Gasteiger partial charge in [0, 0.05) is 37.6 Å². The number of carbonyl (C=O) groups excluding carboxylic acids is 4. The molecule has 0 aliphatic heterocycles. The molecule has 1 rings (SSSR count). The Labute approximate surface area is 194 Å². The van der Waals surface area contributed by atoms with Gasteiger partial charge in [-0.3, -0.25) is 19.2 Å². The number of unbranched alkanes of at least 4 members (excludes halogenated alkanes) is 1. The minimum atomic E-state index is -1.48. The number of hydrogen-bond donors (Lipinski definition) is 5. The Morgan fingerprint density at radius 2 is 1.71 bits per heavy atom. The molecule has 0 bridgehead atoms. The minimum absolute atomic E-state index is 0.0729. The molecule has 0 fully saturated rings. The Morgan fingerprint density at radius 1 is 1.03 bits per heavy atom. The van der Waals surface area contributed by atoms with Crippen molar-refractivity contribution >= 4 is 42.0 Å². The van der Waals surface area contributed by atoms with Crippen LogP contribution in [0.3, 0.4) is 0 Å².